The summed E-state index contributed by atoms with van der Waals surface area (Å²) in [5, 5.41) is 10.2. The third-order valence-corrected chi connectivity index (χ3v) is 4.57. The summed E-state index contributed by atoms with van der Waals surface area (Å²) >= 11 is 0. The van der Waals surface area contributed by atoms with Crippen molar-refractivity contribution in [1.29, 1.82) is 0 Å². The minimum Gasteiger partial charge on any atom is -0.359 e. The van der Waals surface area contributed by atoms with Crippen molar-refractivity contribution < 1.29 is 12.9 Å². The van der Waals surface area contributed by atoms with Crippen LogP contribution in [0.25, 0.3) is 0 Å². The maximum Gasteiger partial charge on any atom is 0.211 e. The summed E-state index contributed by atoms with van der Waals surface area (Å²) in [5.41, 5.74) is 0.924. The van der Waals surface area contributed by atoms with E-state index in [4.69, 9.17) is 4.52 Å². The molecule has 24 heavy (non-hydrogen) atoms. The zero-order chi connectivity index (χ0) is 17.3. The normalized spacial score (nSPS) is 12.1. The average molecular weight is 473 g/mol. The molecule has 0 aliphatic rings. The number of hydrogen-bond donors (Lipinski definition) is 3. The van der Waals surface area contributed by atoms with Crippen molar-refractivity contribution in [3.05, 3.63) is 17.5 Å². The zero-order valence-corrected chi connectivity index (χ0v) is 17.8. The van der Waals surface area contributed by atoms with E-state index >= 15 is 0 Å². The Labute approximate surface area is 161 Å². The van der Waals surface area contributed by atoms with E-state index in [0.717, 1.165) is 11.5 Å². The minimum absolute atomic E-state index is 0. The summed E-state index contributed by atoms with van der Waals surface area (Å²) in [7, 11) is -1.44. The van der Waals surface area contributed by atoms with Crippen LogP contribution in [-0.4, -0.2) is 45.4 Å². The van der Waals surface area contributed by atoms with Crippen molar-refractivity contribution in [2.75, 3.05) is 25.9 Å². The second-order valence-corrected chi connectivity index (χ2v) is 7.47. The van der Waals surface area contributed by atoms with Crippen molar-refractivity contribution in [3.63, 3.8) is 0 Å². The number of guanidine groups is 1. The molecule has 0 fully saturated rings. The first-order valence-corrected chi connectivity index (χ1v) is 9.40. The first kappa shape index (κ1) is 23.1. The molecule has 0 atom stereocenters. The number of sulfonamides is 1. The number of nitrogens with zero attached hydrogens (tertiary/aromatic N) is 2. The zero-order valence-electron chi connectivity index (χ0n) is 14.6. The van der Waals surface area contributed by atoms with Gasteiger partial charge >= 0.3 is 0 Å². The second kappa shape index (κ2) is 11.6. The van der Waals surface area contributed by atoms with Crippen LogP contribution in [0.5, 0.6) is 0 Å². The van der Waals surface area contributed by atoms with E-state index in [9.17, 15) is 8.42 Å². The molecule has 0 radical (unpaired) electrons. The van der Waals surface area contributed by atoms with Crippen LogP contribution in [0.3, 0.4) is 0 Å². The first-order chi connectivity index (χ1) is 10.9. The lowest BCUT2D eigenvalue weighted by molar-refractivity contribution is 0.372. The molecule has 0 aliphatic carbocycles. The largest absolute Gasteiger partial charge is 0.359 e. The molecule has 10 heteroatoms. The monoisotopic (exact) mass is 473 g/mol. The molecule has 0 aromatic carbocycles. The van der Waals surface area contributed by atoms with Crippen LogP contribution >= 0.6 is 24.0 Å². The van der Waals surface area contributed by atoms with Crippen LogP contribution in [0.4, 0.5) is 0 Å². The molecule has 0 unspecified atom stereocenters. The summed E-state index contributed by atoms with van der Waals surface area (Å²) in [6.45, 7) is 7.23. The van der Waals surface area contributed by atoms with Crippen LogP contribution in [0.1, 0.15) is 44.6 Å². The Morgan fingerprint density at radius 1 is 1.33 bits per heavy atom. The van der Waals surface area contributed by atoms with E-state index in [-0.39, 0.29) is 29.7 Å². The van der Waals surface area contributed by atoms with Crippen LogP contribution in [0, 0.1) is 0 Å². The third kappa shape index (κ3) is 8.83. The summed E-state index contributed by atoms with van der Waals surface area (Å²) in [5.74, 6) is 1.80. The molecule has 0 aliphatic heterocycles. The fraction of sp³-hybridized carbons (Fsp3) is 0.714. The van der Waals surface area contributed by atoms with Gasteiger partial charge in [-0.15, -0.1) is 24.0 Å². The summed E-state index contributed by atoms with van der Waals surface area (Å²) < 4.78 is 30.3. The molecule has 1 rings (SSSR count). The van der Waals surface area contributed by atoms with Crippen LogP contribution in [0.15, 0.2) is 15.6 Å². The molecular formula is C14H28IN5O3S. The van der Waals surface area contributed by atoms with E-state index in [1.165, 1.54) is 0 Å². The van der Waals surface area contributed by atoms with Crippen molar-refractivity contribution in [1.82, 2.24) is 20.5 Å². The fourth-order valence-electron chi connectivity index (χ4n) is 1.70. The van der Waals surface area contributed by atoms with Crippen molar-refractivity contribution in [3.8, 4) is 0 Å². The molecule has 0 bridgehead atoms. The van der Waals surface area contributed by atoms with Gasteiger partial charge in [-0.25, -0.2) is 13.1 Å². The highest BCUT2D eigenvalue weighted by molar-refractivity contribution is 14.0. The number of hydrogen-bond acceptors (Lipinski definition) is 5. The predicted octanol–water partition coefficient (Wildman–Crippen LogP) is 1.41. The Hall–Kier alpha value is -0.880. The van der Waals surface area contributed by atoms with Crippen LogP contribution in [-0.2, 0) is 16.6 Å². The van der Waals surface area contributed by atoms with Crippen molar-refractivity contribution in [2.24, 2.45) is 4.99 Å². The van der Waals surface area contributed by atoms with Crippen molar-refractivity contribution >= 4 is 40.0 Å². The van der Waals surface area contributed by atoms with Gasteiger partial charge in [0.05, 0.1) is 18.0 Å². The quantitative estimate of drug-likeness (QED) is 0.217. The highest BCUT2D eigenvalue weighted by Crippen LogP contribution is 2.13. The maximum absolute atomic E-state index is 11.3. The van der Waals surface area contributed by atoms with E-state index in [1.807, 2.05) is 6.07 Å². The number of nitrogens with one attached hydrogen (secondary N) is 3. The van der Waals surface area contributed by atoms with Gasteiger partial charge in [-0.2, -0.15) is 0 Å². The van der Waals surface area contributed by atoms with Gasteiger partial charge in [0, 0.05) is 26.2 Å². The predicted molar refractivity (Wildman–Crippen MR) is 106 cm³/mol. The fourth-order valence-corrected chi connectivity index (χ4v) is 2.36. The number of rotatable bonds is 9. The lowest BCUT2D eigenvalue weighted by atomic mass is 10.1. The lowest BCUT2D eigenvalue weighted by Gasteiger charge is -2.10. The average Bonchev–Trinajstić information content (AvgIpc) is 2.99. The van der Waals surface area contributed by atoms with Crippen LogP contribution < -0.4 is 15.4 Å². The van der Waals surface area contributed by atoms with Gasteiger partial charge in [0.1, 0.15) is 0 Å². The molecule has 1 heterocycles. The summed E-state index contributed by atoms with van der Waals surface area (Å²) in [6.07, 6.45) is 0.666. The van der Waals surface area contributed by atoms with Crippen molar-refractivity contribution in [2.45, 2.75) is 39.7 Å². The number of aromatic nitrogens is 1. The minimum atomic E-state index is -3.12. The molecule has 0 amide bonds. The Morgan fingerprint density at radius 3 is 2.58 bits per heavy atom. The highest BCUT2D eigenvalue weighted by atomic mass is 127. The molecule has 0 saturated heterocycles. The van der Waals surface area contributed by atoms with Gasteiger partial charge in [0.2, 0.25) is 10.0 Å². The van der Waals surface area contributed by atoms with Crippen LogP contribution in [0.2, 0.25) is 0 Å². The molecule has 0 saturated carbocycles. The Kier molecular flexibility index (Phi) is 11.2. The molecule has 8 nitrogen and oxygen atoms in total. The number of aliphatic imine (C=N–C) groups is 1. The topological polar surface area (TPSA) is 109 Å². The SMILES string of the molecule is CCS(=O)(=O)NCCCNC(=NC)NCc1cc(C(C)C)no1.I. The second-order valence-electron chi connectivity index (χ2n) is 5.38. The molecule has 1 aromatic heterocycles. The van der Waals surface area contributed by atoms with Gasteiger partial charge in [-0.05, 0) is 19.3 Å². The van der Waals surface area contributed by atoms with Gasteiger partial charge < -0.3 is 15.2 Å². The third-order valence-electron chi connectivity index (χ3n) is 3.17. The Morgan fingerprint density at radius 2 is 2.04 bits per heavy atom. The molecule has 0 spiro atoms. The van der Waals surface area contributed by atoms with E-state index in [2.05, 4.69) is 39.4 Å². The molecular weight excluding hydrogens is 445 g/mol. The molecule has 3 N–H and O–H groups in total. The lowest BCUT2D eigenvalue weighted by Crippen LogP contribution is -2.38. The number of halogens is 1. The summed E-state index contributed by atoms with van der Waals surface area (Å²) in [6, 6.07) is 1.92. The van der Waals surface area contributed by atoms with Gasteiger partial charge in [0.25, 0.3) is 0 Å². The van der Waals surface area contributed by atoms with Gasteiger partial charge in [0.15, 0.2) is 11.7 Å². The highest BCUT2D eigenvalue weighted by Gasteiger charge is 2.08. The van der Waals surface area contributed by atoms with E-state index in [1.54, 1.807) is 14.0 Å². The standard InChI is InChI=1S/C14H27N5O3S.HI/c1-5-23(20,21)18-8-6-7-16-14(15-4)17-10-12-9-13(11(2)3)19-22-12;/h9,11,18H,5-8,10H2,1-4H3,(H2,15,16,17);1H. The Bertz CT molecular complexity index is 601. The Balaban J connectivity index is 0.00000529. The van der Waals surface area contributed by atoms with Gasteiger partial charge in [-0.3, -0.25) is 4.99 Å². The van der Waals surface area contributed by atoms with E-state index in [0.29, 0.717) is 37.9 Å². The molecule has 140 valence electrons. The summed E-state index contributed by atoms with van der Waals surface area (Å²) in [4.78, 5) is 4.10. The smallest absolute Gasteiger partial charge is 0.211 e. The van der Waals surface area contributed by atoms with Gasteiger partial charge in [-0.1, -0.05) is 19.0 Å². The first-order valence-electron chi connectivity index (χ1n) is 7.75. The maximum atomic E-state index is 11.3. The molecule has 1 aromatic rings. The van der Waals surface area contributed by atoms with E-state index < -0.39 is 10.0 Å².